The zero-order chi connectivity index (χ0) is 20.6. The van der Waals surface area contributed by atoms with Crippen molar-refractivity contribution in [1.29, 1.82) is 0 Å². The van der Waals surface area contributed by atoms with Crippen molar-refractivity contribution in [2.75, 3.05) is 38.2 Å². The number of nitrogens with zero attached hydrogens (tertiary/aromatic N) is 2. The molecule has 6 nitrogen and oxygen atoms in total. The van der Waals surface area contributed by atoms with E-state index in [0.717, 1.165) is 30.9 Å². The molecule has 1 saturated heterocycles. The fourth-order valence-corrected chi connectivity index (χ4v) is 3.52. The Morgan fingerprint density at radius 1 is 1.28 bits per heavy atom. The van der Waals surface area contributed by atoms with Crippen LogP contribution in [0.2, 0.25) is 0 Å². The van der Waals surface area contributed by atoms with Crippen LogP contribution in [0.3, 0.4) is 0 Å². The third kappa shape index (κ3) is 5.38. The van der Waals surface area contributed by atoms with Crippen molar-refractivity contribution in [3.05, 3.63) is 59.9 Å². The largest absolute Gasteiger partial charge is 0.495 e. The summed E-state index contributed by atoms with van der Waals surface area (Å²) < 4.78 is 19.3. The van der Waals surface area contributed by atoms with Crippen molar-refractivity contribution in [2.45, 2.75) is 25.5 Å². The van der Waals surface area contributed by atoms with Crippen molar-refractivity contribution in [1.82, 2.24) is 10.6 Å². The van der Waals surface area contributed by atoms with Crippen molar-refractivity contribution in [3.63, 3.8) is 0 Å². The van der Waals surface area contributed by atoms with Gasteiger partial charge in [-0.3, -0.25) is 4.99 Å². The first-order valence-electron chi connectivity index (χ1n) is 9.97. The van der Waals surface area contributed by atoms with Crippen LogP contribution in [0.5, 0.6) is 5.75 Å². The third-order valence-corrected chi connectivity index (χ3v) is 4.99. The lowest BCUT2D eigenvalue weighted by Gasteiger charge is -2.22. The summed E-state index contributed by atoms with van der Waals surface area (Å²) in [4.78, 5) is 6.75. The first-order chi connectivity index (χ1) is 14.1. The number of rotatable bonds is 7. The molecule has 0 saturated carbocycles. The maximum absolute atomic E-state index is 13.9. The van der Waals surface area contributed by atoms with Gasteiger partial charge in [0.1, 0.15) is 17.7 Å². The van der Waals surface area contributed by atoms with Gasteiger partial charge in [0.25, 0.3) is 0 Å². The third-order valence-electron chi connectivity index (χ3n) is 4.99. The number of guanidine groups is 1. The van der Waals surface area contributed by atoms with Crippen LogP contribution < -0.4 is 20.3 Å². The standard InChI is InChI=1S/C22H29FN4O2/c1-3-24-22(25-14-20(28)17-8-4-5-9-18(17)23)26-16-12-13-27(15-16)19-10-6-7-11-21(19)29-2/h4-11,16,20,28H,3,12-15H2,1-2H3,(H2,24,25,26). The molecule has 0 amide bonds. The minimum Gasteiger partial charge on any atom is -0.495 e. The summed E-state index contributed by atoms with van der Waals surface area (Å²) in [5.74, 6) is 1.06. The Bertz CT molecular complexity index is 830. The van der Waals surface area contributed by atoms with E-state index in [4.69, 9.17) is 4.74 Å². The summed E-state index contributed by atoms with van der Waals surface area (Å²) in [6, 6.07) is 14.4. The molecule has 3 rings (SSSR count). The number of aliphatic imine (C=N–C) groups is 1. The van der Waals surface area contributed by atoms with E-state index in [9.17, 15) is 9.50 Å². The second-order valence-corrected chi connectivity index (χ2v) is 7.00. The topological polar surface area (TPSA) is 69.1 Å². The number of methoxy groups -OCH3 is 1. The van der Waals surface area contributed by atoms with Gasteiger partial charge in [-0.2, -0.15) is 0 Å². The highest BCUT2D eigenvalue weighted by Crippen LogP contribution is 2.30. The molecule has 2 atom stereocenters. The number of halogens is 1. The monoisotopic (exact) mass is 400 g/mol. The molecule has 0 bridgehead atoms. The van der Waals surface area contributed by atoms with E-state index in [2.05, 4.69) is 26.6 Å². The number of aliphatic hydroxyl groups excluding tert-OH is 1. The van der Waals surface area contributed by atoms with Gasteiger partial charge in [0.05, 0.1) is 19.3 Å². The first-order valence-corrected chi connectivity index (χ1v) is 9.97. The molecule has 7 heteroatoms. The van der Waals surface area contributed by atoms with Gasteiger partial charge in [0.2, 0.25) is 0 Å². The van der Waals surface area contributed by atoms with Crippen molar-refractivity contribution in [2.24, 2.45) is 4.99 Å². The van der Waals surface area contributed by atoms with Gasteiger partial charge < -0.3 is 25.4 Å². The molecule has 2 aromatic rings. The number of nitrogens with one attached hydrogen (secondary N) is 2. The minimum atomic E-state index is -0.986. The van der Waals surface area contributed by atoms with Crippen LogP contribution in [0.1, 0.15) is 25.0 Å². The van der Waals surface area contributed by atoms with Gasteiger partial charge in [-0.15, -0.1) is 0 Å². The molecule has 29 heavy (non-hydrogen) atoms. The van der Waals surface area contributed by atoms with Gasteiger partial charge in [0.15, 0.2) is 5.96 Å². The van der Waals surface area contributed by atoms with Gasteiger partial charge >= 0.3 is 0 Å². The van der Waals surface area contributed by atoms with Crippen LogP contribution in [0.4, 0.5) is 10.1 Å². The highest BCUT2D eigenvalue weighted by atomic mass is 19.1. The van der Waals surface area contributed by atoms with Crippen LogP contribution in [-0.4, -0.2) is 50.4 Å². The van der Waals surface area contributed by atoms with Crippen LogP contribution in [-0.2, 0) is 0 Å². The average molecular weight is 400 g/mol. The number of hydrogen-bond donors (Lipinski definition) is 3. The summed E-state index contributed by atoms with van der Waals surface area (Å²) in [5.41, 5.74) is 1.34. The predicted molar refractivity (Wildman–Crippen MR) is 114 cm³/mol. The fraction of sp³-hybridized carbons (Fsp3) is 0.409. The molecule has 3 N–H and O–H groups in total. The average Bonchev–Trinajstić information content (AvgIpc) is 3.20. The van der Waals surface area contributed by atoms with Crippen molar-refractivity contribution < 1.29 is 14.2 Å². The summed E-state index contributed by atoms with van der Waals surface area (Å²) in [5, 5.41) is 16.9. The van der Waals surface area contributed by atoms with Crippen LogP contribution >= 0.6 is 0 Å². The van der Waals surface area contributed by atoms with E-state index in [0.29, 0.717) is 12.5 Å². The van der Waals surface area contributed by atoms with Crippen molar-refractivity contribution >= 4 is 11.6 Å². The molecule has 1 aliphatic rings. The molecule has 1 aliphatic heterocycles. The maximum Gasteiger partial charge on any atom is 0.191 e. The summed E-state index contributed by atoms with van der Waals surface area (Å²) >= 11 is 0. The number of anilines is 1. The van der Waals surface area contributed by atoms with E-state index < -0.39 is 11.9 Å². The zero-order valence-electron chi connectivity index (χ0n) is 16.9. The summed E-state index contributed by atoms with van der Waals surface area (Å²) in [7, 11) is 1.68. The lowest BCUT2D eigenvalue weighted by molar-refractivity contribution is 0.182. The molecule has 1 heterocycles. The molecule has 0 aliphatic carbocycles. The van der Waals surface area contributed by atoms with E-state index in [1.165, 1.54) is 6.07 Å². The highest BCUT2D eigenvalue weighted by molar-refractivity contribution is 5.80. The first kappa shape index (κ1) is 20.9. The van der Waals surface area contributed by atoms with Gasteiger partial charge in [-0.1, -0.05) is 30.3 Å². The molecule has 2 unspecified atom stereocenters. The van der Waals surface area contributed by atoms with E-state index in [1.807, 2.05) is 25.1 Å². The van der Waals surface area contributed by atoms with Crippen LogP contribution in [0.25, 0.3) is 0 Å². The molecule has 0 radical (unpaired) electrons. The highest BCUT2D eigenvalue weighted by Gasteiger charge is 2.25. The Morgan fingerprint density at radius 3 is 2.79 bits per heavy atom. The predicted octanol–water partition coefficient (Wildman–Crippen LogP) is 2.70. The number of hydrogen-bond acceptors (Lipinski definition) is 4. The lowest BCUT2D eigenvalue weighted by atomic mass is 10.1. The number of para-hydroxylation sites is 2. The smallest absolute Gasteiger partial charge is 0.191 e. The van der Waals surface area contributed by atoms with E-state index in [1.54, 1.807) is 25.3 Å². The van der Waals surface area contributed by atoms with Gasteiger partial charge in [0, 0.05) is 31.2 Å². The Kier molecular flexibility index (Phi) is 7.30. The molecule has 2 aromatic carbocycles. The Labute approximate surface area is 171 Å². The fourth-order valence-electron chi connectivity index (χ4n) is 3.52. The molecular formula is C22H29FN4O2. The number of ether oxygens (including phenoxy) is 1. The second-order valence-electron chi connectivity index (χ2n) is 7.00. The quantitative estimate of drug-likeness (QED) is 0.493. The van der Waals surface area contributed by atoms with Gasteiger partial charge in [-0.05, 0) is 31.5 Å². The van der Waals surface area contributed by atoms with E-state index in [-0.39, 0.29) is 18.2 Å². The van der Waals surface area contributed by atoms with Gasteiger partial charge in [-0.25, -0.2) is 4.39 Å². The van der Waals surface area contributed by atoms with Crippen molar-refractivity contribution in [3.8, 4) is 5.75 Å². The number of aliphatic hydroxyl groups is 1. The second kappa shape index (κ2) is 10.1. The minimum absolute atomic E-state index is 0.0825. The molecule has 156 valence electrons. The molecular weight excluding hydrogens is 371 g/mol. The normalized spacial score (nSPS) is 17.9. The van der Waals surface area contributed by atoms with E-state index >= 15 is 0 Å². The molecule has 1 fully saturated rings. The Hall–Kier alpha value is -2.80. The molecule has 0 spiro atoms. The van der Waals surface area contributed by atoms with Crippen LogP contribution in [0, 0.1) is 5.82 Å². The SMILES string of the molecule is CCNC(=NCC(O)c1ccccc1F)NC1CCN(c2ccccc2OC)C1. The zero-order valence-corrected chi connectivity index (χ0v) is 16.9. The Morgan fingerprint density at radius 2 is 2.03 bits per heavy atom. The lowest BCUT2D eigenvalue weighted by Crippen LogP contribution is -2.44. The number of benzene rings is 2. The summed E-state index contributed by atoms with van der Waals surface area (Å²) in [6.45, 7) is 4.50. The summed E-state index contributed by atoms with van der Waals surface area (Å²) in [6.07, 6.45) is -0.0291. The van der Waals surface area contributed by atoms with Crippen LogP contribution in [0.15, 0.2) is 53.5 Å². The Balaban J connectivity index is 1.62. The maximum atomic E-state index is 13.9. The molecule has 0 aromatic heterocycles.